The standard InChI is InChI=1S/C21H19N3O3/c1-12-7-19(24-11-23-12)14-3-4-15-10-26-20-9-16(27-13(2)21(22)25)5-6-17(20)18(15)8-14/h3-9,11,13H,10H2,1-2H3,(H2,22,25)/t13-/m0/s1. The molecule has 0 saturated carbocycles. The van der Waals surface area contributed by atoms with Gasteiger partial charge in [-0.25, -0.2) is 9.97 Å². The van der Waals surface area contributed by atoms with Crippen LogP contribution in [0.3, 0.4) is 0 Å². The van der Waals surface area contributed by atoms with Crippen molar-refractivity contribution in [3.63, 3.8) is 0 Å². The fourth-order valence-electron chi connectivity index (χ4n) is 3.06. The van der Waals surface area contributed by atoms with E-state index in [2.05, 4.69) is 22.1 Å². The van der Waals surface area contributed by atoms with Gasteiger partial charge < -0.3 is 15.2 Å². The van der Waals surface area contributed by atoms with Gasteiger partial charge in [0.05, 0.1) is 5.69 Å². The number of aromatic nitrogens is 2. The van der Waals surface area contributed by atoms with Gasteiger partial charge in [-0.2, -0.15) is 0 Å². The summed E-state index contributed by atoms with van der Waals surface area (Å²) in [6.07, 6.45) is 0.872. The Bertz CT molecular complexity index is 1030. The van der Waals surface area contributed by atoms with E-state index < -0.39 is 12.0 Å². The van der Waals surface area contributed by atoms with Gasteiger partial charge in [0.1, 0.15) is 24.4 Å². The first kappa shape index (κ1) is 17.0. The highest BCUT2D eigenvalue weighted by atomic mass is 16.5. The van der Waals surface area contributed by atoms with E-state index in [1.54, 1.807) is 19.3 Å². The Morgan fingerprint density at radius 1 is 1.15 bits per heavy atom. The topological polar surface area (TPSA) is 87.3 Å². The fraction of sp³-hybridized carbons (Fsp3) is 0.190. The number of aryl methyl sites for hydroxylation is 1. The van der Waals surface area contributed by atoms with Crippen LogP contribution in [0.15, 0.2) is 48.8 Å². The molecule has 0 bridgehead atoms. The molecule has 1 atom stereocenters. The van der Waals surface area contributed by atoms with E-state index in [-0.39, 0.29) is 0 Å². The van der Waals surface area contributed by atoms with Crippen LogP contribution in [-0.4, -0.2) is 22.0 Å². The summed E-state index contributed by atoms with van der Waals surface area (Å²) in [7, 11) is 0. The second-order valence-corrected chi connectivity index (χ2v) is 6.53. The summed E-state index contributed by atoms with van der Waals surface area (Å²) in [6.45, 7) is 4.04. The van der Waals surface area contributed by atoms with Gasteiger partial charge in [-0.3, -0.25) is 4.79 Å². The van der Waals surface area contributed by atoms with Crippen LogP contribution in [0.5, 0.6) is 11.5 Å². The highest BCUT2D eigenvalue weighted by Gasteiger charge is 2.20. The Kier molecular flexibility index (Phi) is 4.24. The first-order valence-corrected chi connectivity index (χ1v) is 8.66. The average Bonchev–Trinajstić information content (AvgIpc) is 2.67. The minimum Gasteiger partial charge on any atom is -0.488 e. The molecule has 4 rings (SSSR count). The molecule has 1 amide bonds. The monoisotopic (exact) mass is 361 g/mol. The van der Waals surface area contributed by atoms with Crippen molar-refractivity contribution < 1.29 is 14.3 Å². The van der Waals surface area contributed by atoms with Crippen LogP contribution in [0.1, 0.15) is 18.2 Å². The van der Waals surface area contributed by atoms with Gasteiger partial charge in [0, 0.05) is 22.9 Å². The molecule has 3 aromatic rings. The van der Waals surface area contributed by atoms with Crippen molar-refractivity contribution in [2.24, 2.45) is 5.73 Å². The van der Waals surface area contributed by atoms with Crippen LogP contribution < -0.4 is 15.2 Å². The number of primary amides is 1. The average molecular weight is 361 g/mol. The third-order valence-electron chi connectivity index (χ3n) is 4.55. The molecule has 0 unspecified atom stereocenters. The smallest absolute Gasteiger partial charge is 0.258 e. The minimum absolute atomic E-state index is 0.472. The lowest BCUT2D eigenvalue weighted by Gasteiger charge is -2.22. The van der Waals surface area contributed by atoms with Gasteiger partial charge in [0.25, 0.3) is 5.91 Å². The summed E-state index contributed by atoms with van der Waals surface area (Å²) in [5.41, 5.74) is 11.3. The van der Waals surface area contributed by atoms with E-state index in [4.69, 9.17) is 15.2 Å². The number of benzene rings is 2. The van der Waals surface area contributed by atoms with Crippen LogP contribution in [0, 0.1) is 6.92 Å². The molecule has 27 heavy (non-hydrogen) atoms. The van der Waals surface area contributed by atoms with Crippen molar-refractivity contribution in [2.75, 3.05) is 0 Å². The summed E-state index contributed by atoms with van der Waals surface area (Å²) >= 11 is 0. The van der Waals surface area contributed by atoms with Gasteiger partial charge >= 0.3 is 0 Å². The molecule has 0 saturated heterocycles. The number of fused-ring (bicyclic) bond motifs is 3. The predicted molar refractivity (Wildman–Crippen MR) is 101 cm³/mol. The van der Waals surface area contributed by atoms with E-state index >= 15 is 0 Å². The molecule has 2 aromatic carbocycles. The van der Waals surface area contributed by atoms with Crippen molar-refractivity contribution in [2.45, 2.75) is 26.6 Å². The number of carbonyl (C=O) groups is 1. The van der Waals surface area contributed by atoms with Gasteiger partial charge in [-0.05, 0) is 49.2 Å². The lowest BCUT2D eigenvalue weighted by atomic mass is 9.94. The van der Waals surface area contributed by atoms with Crippen LogP contribution in [-0.2, 0) is 11.4 Å². The quantitative estimate of drug-likeness (QED) is 0.771. The highest BCUT2D eigenvalue weighted by Crippen LogP contribution is 2.41. The third-order valence-corrected chi connectivity index (χ3v) is 4.55. The zero-order valence-corrected chi connectivity index (χ0v) is 15.1. The lowest BCUT2D eigenvalue weighted by molar-refractivity contribution is -0.123. The molecule has 0 fully saturated rings. The van der Waals surface area contributed by atoms with E-state index in [0.29, 0.717) is 18.1 Å². The molecule has 6 heteroatoms. The van der Waals surface area contributed by atoms with Crippen LogP contribution in [0.4, 0.5) is 0 Å². The predicted octanol–water partition coefficient (Wildman–Crippen LogP) is 3.26. The van der Waals surface area contributed by atoms with E-state index in [1.165, 1.54) is 0 Å². The SMILES string of the molecule is Cc1cc(-c2ccc3c(c2)-c2ccc(O[C@@H](C)C(N)=O)cc2OC3)ncn1. The van der Waals surface area contributed by atoms with Crippen molar-refractivity contribution in [3.05, 3.63) is 60.0 Å². The summed E-state index contributed by atoms with van der Waals surface area (Å²) in [4.78, 5) is 19.7. The Hall–Kier alpha value is -3.41. The summed E-state index contributed by atoms with van der Waals surface area (Å²) in [5.74, 6) is 0.752. The Morgan fingerprint density at radius 2 is 2.00 bits per heavy atom. The maximum Gasteiger partial charge on any atom is 0.258 e. The molecule has 0 spiro atoms. The Morgan fingerprint density at radius 3 is 2.78 bits per heavy atom. The van der Waals surface area contributed by atoms with E-state index in [9.17, 15) is 4.79 Å². The maximum atomic E-state index is 11.2. The van der Waals surface area contributed by atoms with Crippen LogP contribution in [0.25, 0.3) is 22.4 Å². The second-order valence-electron chi connectivity index (χ2n) is 6.53. The number of ether oxygens (including phenoxy) is 2. The fourth-order valence-corrected chi connectivity index (χ4v) is 3.06. The molecule has 2 heterocycles. The molecular formula is C21H19N3O3. The summed E-state index contributed by atoms with van der Waals surface area (Å²) in [6, 6.07) is 13.7. The lowest BCUT2D eigenvalue weighted by Crippen LogP contribution is -2.30. The van der Waals surface area contributed by atoms with E-state index in [1.807, 2.05) is 31.2 Å². The second kappa shape index (κ2) is 6.72. The molecule has 136 valence electrons. The normalized spacial score (nSPS) is 13.1. The molecule has 6 nitrogen and oxygen atoms in total. The van der Waals surface area contributed by atoms with E-state index in [0.717, 1.165) is 33.6 Å². The van der Waals surface area contributed by atoms with Gasteiger partial charge in [0.15, 0.2) is 6.10 Å². The molecule has 1 aliphatic rings. The first-order chi connectivity index (χ1) is 13.0. The molecule has 2 N–H and O–H groups in total. The summed E-state index contributed by atoms with van der Waals surface area (Å²) < 4.78 is 11.4. The largest absolute Gasteiger partial charge is 0.488 e. The van der Waals surface area contributed by atoms with Crippen molar-refractivity contribution in [1.29, 1.82) is 0 Å². The zero-order chi connectivity index (χ0) is 19.0. The van der Waals surface area contributed by atoms with Crippen LogP contribution >= 0.6 is 0 Å². The Labute approximate surface area is 157 Å². The minimum atomic E-state index is -0.702. The Balaban J connectivity index is 1.71. The van der Waals surface area contributed by atoms with Gasteiger partial charge in [0.2, 0.25) is 0 Å². The molecule has 1 aromatic heterocycles. The molecule has 0 aliphatic carbocycles. The van der Waals surface area contributed by atoms with Gasteiger partial charge in [-0.1, -0.05) is 12.1 Å². The maximum absolute atomic E-state index is 11.2. The number of nitrogens with two attached hydrogens (primary N) is 1. The molecule has 0 radical (unpaired) electrons. The number of hydrogen-bond acceptors (Lipinski definition) is 5. The number of carbonyl (C=O) groups excluding carboxylic acids is 1. The molecular weight excluding hydrogens is 342 g/mol. The van der Waals surface area contributed by atoms with Crippen molar-refractivity contribution >= 4 is 5.91 Å². The van der Waals surface area contributed by atoms with Gasteiger partial charge in [-0.15, -0.1) is 0 Å². The summed E-state index contributed by atoms with van der Waals surface area (Å²) in [5, 5.41) is 0. The molecule has 1 aliphatic heterocycles. The number of rotatable bonds is 4. The van der Waals surface area contributed by atoms with Crippen molar-refractivity contribution in [3.8, 4) is 33.9 Å². The zero-order valence-electron chi connectivity index (χ0n) is 15.1. The highest BCUT2D eigenvalue weighted by molar-refractivity contribution is 5.81. The van der Waals surface area contributed by atoms with Crippen molar-refractivity contribution in [1.82, 2.24) is 9.97 Å². The number of hydrogen-bond donors (Lipinski definition) is 1. The number of amides is 1. The third kappa shape index (κ3) is 3.33. The van der Waals surface area contributed by atoms with Crippen LogP contribution in [0.2, 0.25) is 0 Å². The first-order valence-electron chi connectivity index (χ1n) is 8.66. The number of nitrogens with zero attached hydrogens (tertiary/aromatic N) is 2.